The smallest absolute Gasteiger partial charge is 0.271 e. The van der Waals surface area contributed by atoms with Crippen LogP contribution in [0, 0.1) is 23.7 Å². The van der Waals surface area contributed by atoms with Gasteiger partial charge in [-0.25, -0.2) is 0 Å². The summed E-state index contributed by atoms with van der Waals surface area (Å²) >= 11 is 0. The Morgan fingerprint density at radius 1 is 1.16 bits per heavy atom. The second-order valence-corrected chi connectivity index (χ2v) is 11.3. The topological polar surface area (TPSA) is 109 Å². The molecule has 198 valence electrons. The Balaban J connectivity index is 1.40. The van der Waals surface area contributed by atoms with Gasteiger partial charge in [0.05, 0.1) is 13.2 Å². The fourth-order valence-corrected chi connectivity index (χ4v) is 6.75. The van der Waals surface area contributed by atoms with Crippen LogP contribution in [0.5, 0.6) is 5.75 Å². The van der Waals surface area contributed by atoms with Gasteiger partial charge in [0.25, 0.3) is 5.91 Å². The number of hydrogen-bond donors (Lipinski definition) is 2. The molecule has 5 unspecified atom stereocenters. The number of H-pyrrole nitrogens is 1. The maximum Gasteiger partial charge on any atom is 0.271 e. The van der Waals surface area contributed by atoms with Gasteiger partial charge < -0.3 is 19.9 Å². The van der Waals surface area contributed by atoms with Crippen molar-refractivity contribution < 1.29 is 23.9 Å². The van der Waals surface area contributed by atoms with Gasteiger partial charge in [0.15, 0.2) is 5.78 Å². The van der Waals surface area contributed by atoms with Crippen molar-refractivity contribution in [3.05, 3.63) is 30.0 Å². The van der Waals surface area contributed by atoms with E-state index in [1.807, 2.05) is 32.0 Å². The van der Waals surface area contributed by atoms with E-state index in [0.717, 1.165) is 43.0 Å². The van der Waals surface area contributed by atoms with E-state index in [2.05, 4.69) is 10.3 Å². The molecule has 0 radical (unpaired) electrons. The highest BCUT2D eigenvalue weighted by atomic mass is 16.5. The molecule has 2 N–H and O–H groups in total. The second kappa shape index (κ2) is 10.3. The largest absolute Gasteiger partial charge is 0.496 e. The number of nitrogens with one attached hydrogen (secondary N) is 2. The van der Waals surface area contributed by atoms with E-state index >= 15 is 0 Å². The van der Waals surface area contributed by atoms with Gasteiger partial charge in [0.2, 0.25) is 5.91 Å². The quantitative estimate of drug-likeness (QED) is 0.564. The first-order chi connectivity index (χ1) is 17.8. The van der Waals surface area contributed by atoms with Crippen LogP contribution >= 0.6 is 0 Å². The van der Waals surface area contributed by atoms with E-state index in [-0.39, 0.29) is 47.1 Å². The van der Waals surface area contributed by atoms with Gasteiger partial charge in [-0.1, -0.05) is 26.3 Å². The predicted octanol–water partition coefficient (Wildman–Crippen LogP) is 3.89. The number of carbonyl (C=O) groups is 4. The summed E-state index contributed by atoms with van der Waals surface area (Å²) < 4.78 is 5.45. The standard InChI is InChI=1S/C29H37N3O5/c1-16(2)27(34)22(13-17-7-5-11-24(17)33)31-28(35)26-19-9-4-8-18(19)15-32(26)29(36)23-14-20-21(30-23)10-6-12-25(20)37-3/h6,10,12,14,16-19,22,26,30H,4-5,7-9,11,13,15H2,1-3H3,(H,31,35). The van der Waals surface area contributed by atoms with Crippen molar-refractivity contribution in [3.63, 3.8) is 0 Å². The first kappa shape index (κ1) is 25.5. The lowest BCUT2D eigenvalue weighted by Gasteiger charge is -2.29. The van der Waals surface area contributed by atoms with Gasteiger partial charge in [-0.3, -0.25) is 19.2 Å². The number of carbonyl (C=O) groups excluding carboxylic acids is 4. The van der Waals surface area contributed by atoms with Crippen molar-refractivity contribution in [2.45, 2.75) is 70.9 Å². The first-order valence-electron chi connectivity index (χ1n) is 13.6. The Kier molecular flexibility index (Phi) is 7.10. The molecule has 1 aliphatic heterocycles. The molecule has 3 aliphatic rings. The van der Waals surface area contributed by atoms with Crippen molar-refractivity contribution in [3.8, 4) is 5.75 Å². The number of ketones is 2. The van der Waals surface area contributed by atoms with Crippen LogP contribution in [0.4, 0.5) is 0 Å². The molecule has 1 saturated heterocycles. The highest BCUT2D eigenvalue weighted by Gasteiger charge is 2.50. The number of nitrogens with zero attached hydrogens (tertiary/aromatic N) is 1. The van der Waals surface area contributed by atoms with Gasteiger partial charge in [0, 0.05) is 35.7 Å². The monoisotopic (exact) mass is 507 g/mol. The fourth-order valence-electron chi connectivity index (χ4n) is 6.75. The summed E-state index contributed by atoms with van der Waals surface area (Å²) in [6, 6.07) is 6.05. The van der Waals surface area contributed by atoms with Crippen LogP contribution in [0.3, 0.4) is 0 Å². The molecule has 0 spiro atoms. The predicted molar refractivity (Wildman–Crippen MR) is 139 cm³/mol. The zero-order chi connectivity index (χ0) is 26.3. The maximum atomic E-state index is 13.8. The molecule has 8 heteroatoms. The van der Waals surface area contributed by atoms with Crippen molar-refractivity contribution in [1.82, 2.24) is 15.2 Å². The number of methoxy groups -OCH3 is 1. The van der Waals surface area contributed by atoms with Crippen molar-refractivity contribution in [1.29, 1.82) is 0 Å². The number of likely N-dealkylation sites (tertiary alicyclic amines) is 1. The molecule has 1 aromatic carbocycles. The van der Waals surface area contributed by atoms with E-state index in [4.69, 9.17) is 4.74 Å². The molecule has 0 bridgehead atoms. The lowest BCUT2D eigenvalue weighted by molar-refractivity contribution is -0.133. The summed E-state index contributed by atoms with van der Waals surface area (Å²) in [6.07, 6.45) is 5.41. The molecule has 2 heterocycles. The summed E-state index contributed by atoms with van der Waals surface area (Å²) in [7, 11) is 1.60. The summed E-state index contributed by atoms with van der Waals surface area (Å²) in [5.41, 5.74) is 1.22. The van der Waals surface area contributed by atoms with Gasteiger partial charge in [-0.05, 0) is 62.1 Å². The number of Topliss-reactive ketones (excluding diaryl/α,β-unsaturated/α-hetero) is 2. The van der Waals surface area contributed by atoms with E-state index in [1.54, 1.807) is 18.1 Å². The van der Waals surface area contributed by atoms with Crippen LogP contribution in [-0.2, 0) is 14.4 Å². The molecular weight excluding hydrogens is 470 g/mol. The minimum atomic E-state index is -0.714. The van der Waals surface area contributed by atoms with Crippen molar-refractivity contribution in [2.75, 3.05) is 13.7 Å². The number of aromatic nitrogens is 1. The average molecular weight is 508 g/mol. The molecule has 1 aromatic heterocycles. The minimum absolute atomic E-state index is 0.0605. The highest BCUT2D eigenvalue weighted by molar-refractivity contribution is 6.02. The van der Waals surface area contributed by atoms with Gasteiger partial charge >= 0.3 is 0 Å². The molecule has 37 heavy (non-hydrogen) atoms. The van der Waals surface area contributed by atoms with Crippen LogP contribution in [0.25, 0.3) is 10.9 Å². The maximum absolute atomic E-state index is 13.8. The van der Waals surface area contributed by atoms with Gasteiger partial charge in [-0.2, -0.15) is 0 Å². The van der Waals surface area contributed by atoms with Gasteiger partial charge in [-0.15, -0.1) is 0 Å². The molecule has 2 amide bonds. The molecule has 8 nitrogen and oxygen atoms in total. The van der Waals surface area contributed by atoms with E-state index in [1.165, 1.54) is 0 Å². The molecule has 5 atom stereocenters. The molecule has 5 rings (SSSR count). The van der Waals surface area contributed by atoms with Crippen LogP contribution in [0.1, 0.15) is 69.3 Å². The summed E-state index contributed by atoms with van der Waals surface area (Å²) in [5.74, 6) is 0.204. The molecule has 2 aromatic rings. The third-order valence-corrected chi connectivity index (χ3v) is 8.67. The number of ether oxygens (including phenoxy) is 1. The normalized spacial score (nSPS) is 26.1. The Bertz CT molecular complexity index is 1220. The van der Waals surface area contributed by atoms with Gasteiger partial charge in [0.1, 0.15) is 23.3 Å². The Hall–Kier alpha value is -3.16. The zero-order valence-electron chi connectivity index (χ0n) is 21.9. The Labute approximate surface area is 217 Å². The number of rotatable bonds is 8. The lowest BCUT2D eigenvalue weighted by Crippen LogP contribution is -2.53. The van der Waals surface area contributed by atoms with E-state index in [9.17, 15) is 19.2 Å². The second-order valence-electron chi connectivity index (χ2n) is 11.3. The van der Waals surface area contributed by atoms with Crippen LogP contribution in [0.2, 0.25) is 0 Å². The summed E-state index contributed by atoms with van der Waals surface area (Å²) in [4.78, 5) is 57.9. The van der Waals surface area contributed by atoms with E-state index < -0.39 is 12.1 Å². The molecule has 3 fully saturated rings. The number of aromatic amines is 1. The van der Waals surface area contributed by atoms with Crippen molar-refractivity contribution in [2.24, 2.45) is 23.7 Å². The molecule has 2 saturated carbocycles. The molecular formula is C29H37N3O5. The number of fused-ring (bicyclic) bond motifs is 2. The number of amides is 2. The SMILES string of the molecule is COc1cccc2[nH]c(C(=O)N3CC4CCCC4C3C(=O)NC(CC3CCCC3=O)C(=O)C(C)C)cc12. The lowest BCUT2D eigenvalue weighted by atomic mass is 9.89. The third-order valence-electron chi connectivity index (χ3n) is 8.67. The van der Waals surface area contributed by atoms with Crippen LogP contribution < -0.4 is 10.1 Å². The number of benzene rings is 1. The summed E-state index contributed by atoms with van der Waals surface area (Å²) in [5, 5.41) is 3.83. The zero-order valence-corrected chi connectivity index (χ0v) is 21.9. The first-order valence-corrected chi connectivity index (χ1v) is 13.6. The highest BCUT2D eigenvalue weighted by Crippen LogP contribution is 2.43. The Morgan fingerprint density at radius 2 is 1.97 bits per heavy atom. The van der Waals surface area contributed by atoms with Crippen LogP contribution in [-0.4, -0.2) is 59.0 Å². The summed E-state index contributed by atoms with van der Waals surface area (Å²) in [6.45, 7) is 4.17. The fraction of sp³-hybridized carbons (Fsp3) is 0.586. The minimum Gasteiger partial charge on any atom is -0.496 e. The van der Waals surface area contributed by atoms with E-state index in [0.29, 0.717) is 30.8 Å². The van der Waals surface area contributed by atoms with Crippen molar-refractivity contribution >= 4 is 34.3 Å². The third kappa shape index (κ3) is 4.78. The average Bonchev–Trinajstić information content (AvgIpc) is 3.66. The number of hydrogen-bond acceptors (Lipinski definition) is 5. The Morgan fingerprint density at radius 3 is 2.68 bits per heavy atom. The van der Waals surface area contributed by atoms with Crippen LogP contribution in [0.15, 0.2) is 24.3 Å². The molecule has 2 aliphatic carbocycles.